The van der Waals surface area contributed by atoms with Gasteiger partial charge in [0.15, 0.2) is 0 Å². The minimum atomic E-state index is 0.104. The SMILES string of the molecule is Cc1ccc(CCC(C)C(=O)N2CCNCC2)cc1C(C)(C)C. The van der Waals surface area contributed by atoms with E-state index >= 15 is 0 Å². The molecule has 1 aromatic carbocycles. The second kappa shape index (κ2) is 7.48. The average Bonchev–Trinajstić information content (AvgIpc) is 2.52. The summed E-state index contributed by atoms with van der Waals surface area (Å²) in [6, 6.07) is 6.77. The van der Waals surface area contributed by atoms with Crippen LogP contribution in [0.5, 0.6) is 0 Å². The highest BCUT2D eigenvalue weighted by atomic mass is 16.2. The number of hydrogen-bond donors (Lipinski definition) is 1. The molecule has 1 saturated heterocycles. The monoisotopic (exact) mass is 316 g/mol. The van der Waals surface area contributed by atoms with Gasteiger partial charge in [0.25, 0.3) is 0 Å². The third-order valence-electron chi connectivity index (χ3n) is 4.83. The Morgan fingerprint density at radius 1 is 1.26 bits per heavy atom. The van der Waals surface area contributed by atoms with E-state index in [0.717, 1.165) is 39.0 Å². The Labute approximate surface area is 141 Å². The van der Waals surface area contributed by atoms with Crippen molar-refractivity contribution in [1.29, 1.82) is 0 Å². The van der Waals surface area contributed by atoms with Gasteiger partial charge in [-0.05, 0) is 41.9 Å². The fourth-order valence-electron chi connectivity index (χ4n) is 3.34. The molecular weight excluding hydrogens is 284 g/mol. The third-order valence-corrected chi connectivity index (χ3v) is 4.83. The Morgan fingerprint density at radius 2 is 1.91 bits per heavy atom. The van der Waals surface area contributed by atoms with Gasteiger partial charge in [-0.3, -0.25) is 4.79 Å². The van der Waals surface area contributed by atoms with Crippen molar-refractivity contribution in [3.63, 3.8) is 0 Å². The van der Waals surface area contributed by atoms with Gasteiger partial charge < -0.3 is 10.2 Å². The number of carbonyl (C=O) groups is 1. The predicted octanol–water partition coefficient (Wildman–Crippen LogP) is 3.29. The van der Waals surface area contributed by atoms with Gasteiger partial charge in [-0.1, -0.05) is 45.9 Å². The number of carbonyl (C=O) groups excluding carboxylic acids is 1. The maximum atomic E-state index is 12.5. The summed E-state index contributed by atoms with van der Waals surface area (Å²) in [6.07, 6.45) is 1.90. The maximum Gasteiger partial charge on any atom is 0.225 e. The fraction of sp³-hybridized carbons (Fsp3) is 0.650. The van der Waals surface area contributed by atoms with Crippen LogP contribution in [0.15, 0.2) is 18.2 Å². The van der Waals surface area contributed by atoms with E-state index in [2.05, 4.69) is 58.1 Å². The molecule has 1 aliphatic rings. The molecule has 1 aromatic rings. The molecule has 1 aliphatic heterocycles. The summed E-state index contributed by atoms with van der Waals surface area (Å²) in [5.74, 6) is 0.419. The van der Waals surface area contributed by atoms with Gasteiger partial charge in [0.05, 0.1) is 0 Å². The topological polar surface area (TPSA) is 32.3 Å². The molecule has 0 aromatic heterocycles. The molecule has 0 radical (unpaired) electrons. The molecular formula is C20H32N2O. The van der Waals surface area contributed by atoms with Crippen molar-refractivity contribution in [2.45, 2.75) is 52.9 Å². The smallest absolute Gasteiger partial charge is 0.225 e. The van der Waals surface area contributed by atoms with Crippen LogP contribution in [0.3, 0.4) is 0 Å². The Bertz CT molecular complexity index is 539. The highest BCUT2D eigenvalue weighted by Crippen LogP contribution is 2.27. The molecule has 1 fully saturated rings. The molecule has 1 unspecified atom stereocenters. The van der Waals surface area contributed by atoms with Gasteiger partial charge in [0.2, 0.25) is 5.91 Å². The van der Waals surface area contributed by atoms with Gasteiger partial charge in [0, 0.05) is 32.1 Å². The average molecular weight is 316 g/mol. The zero-order valence-corrected chi connectivity index (χ0v) is 15.4. The lowest BCUT2D eigenvalue weighted by Crippen LogP contribution is -2.48. The van der Waals surface area contributed by atoms with Crippen molar-refractivity contribution < 1.29 is 4.79 Å². The Kier molecular flexibility index (Phi) is 5.85. The van der Waals surface area contributed by atoms with Crippen LogP contribution >= 0.6 is 0 Å². The number of nitrogens with zero attached hydrogens (tertiary/aromatic N) is 1. The second-order valence-electron chi connectivity index (χ2n) is 7.91. The number of aryl methyl sites for hydroxylation is 2. The molecule has 3 nitrogen and oxygen atoms in total. The quantitative estimate of drug-likeness (QED) is 0.924. The van der Waals surface area contributed by atoms with Crippen molar-refractivity contribution in [2.24, 2.45) is 5.92 Å². The molecule has 0 spiro atoms. The van der Waals surface area contributed by atoms with Crippen LogP contribution in [0.4, 0.5) is 0 Å². The van der Waals surface area contributed by atoms with Crippen LogP contribution in [0.25, 0.3) is 0 Å². The first-order valence-corrected chi connectivity index (χ1v) is 8.88. The third kappa shape index (κ3) is 4.81. The summed E-state index contributed by atoms with van der Waals surface area (Å²) in [7, 11) is 0. The minimum absolute atomic E-state index is 0.104. The van der Waals surface area contributed by atoms with Crippen molar-refractivity contribution >= 4 is 5.91 Å². The van der Waals surface area contributed by atoms with Gasteiger partial charge in [-0.15, -0.1) is 0 Å². The van der Waals surface area contributed by atoms with Crippen molar-refractivity contribution in [2.75, 3.05) is 26.2 Å². The lowest BCUT2D eigenvalue weighted by atomic mass is 9.82. The standard InChI is InChI=1S/C20H32N2O/c1-15-6-8-17(14-18(15)20(3,4)5)9-7-16(2)19(23)22-12-10-21-11-13-22/h6,8,14,16,21H,7,9-13H2,1-5H3. The van der Waals surface area contributed by atoms with E-state index in [1.54, 1.807) is 0 Å². The van der Waals surface area contributed by atoms with Crippen LogP contribution < -0.4 is 5.32 Å². The Hall–Kier alpha value is -1.35. The van der Waals surface area contributed by atoms with Crippen LogP contribution in [-0.2, 0) is 16.6 Å². The zero-order chi connectivity index (χ0) is 17.0. The number of nitrogens with one attached hydrogen (secondary N) is 1. The summed E-state index contributed by atoms with van der Waals surface area (Å²) in [5.41, 5.74) is 4.28. The number of amides is 1. The minimum Gasteiger partial charge on any atom is -0.340 e. The summed E-state index contributed by atoms with van der Waals surface area (Å²) in [5, 5.41) is 3.30. The number of benzene rings is 1. The molecule has 128 valence electrons. The van der Waals surface area contributed by atoms with Crippen LogP contribution in [0.2, 0.25) is 0 Å². The summed E-state index contributed by atoms with van der Waals surface area (Å²) in [6.45, 7) is 14.6. The fourth-order valence-corrected chi connectivity index (χ4v) is 3.34. The molecule has 0 aliphatic carbocycles. The lowest BCUT2D eigenvalue weighted by Gasteiger charge is -2.30. The van der Waals surface area contributed by atoms with E-state index in [0.29, 0.717) is 5.91 Å². The first-order chi connectivity index (χ1) is 10.8. The molecule has 23 heavy (non-hydrogen) atoms. The number of piperazine rings is 1. The van der Waals surface area contributed by atoms with Gasteiger partial charge in [0.1, 0.15) is 0 Å². The molecule has 3 heteroatoms. The van der Waals surface area contributed by atoms with Crippen molar-refractivity contribution in [3.05, 3.63) is 34.9 Å². The second-order valence-corrected chi connectivity index (χ2v) is 7.91. The molecule has 1 amide bonds. The summed E-state index contributed by atoms with van der Waals surface area (Å²) in [4.78, 5) is 14.5. The molecule has 1 heterocycles. The maximum absolute atomic E-state index is 12.5. The Balaban J connectivity index is 1.96. The van der Waals surface area contributed by atoms with Crippen molar-refractivity contribution in [1.82, 2.24) is 10.2 Å². The van der Waals surface area contributed by atoms with Crippen molar-refractivity contribution in [3.8, 4) is 0 Å². The number of rotatable bonds is 4. The normalized spacial score (nSPS) is 17.2. The highest BCUT2D eigenvalue weighted by Gasteiger charge is 2.22. The van der Waals surface area contributed by atoms with E-state index in [1.165, 1.54) is 16.7 Å². The molecule has 1 atom stereocenters. The zero-order valence-electron chi connectivity index (χ0n) is 15.4. The van der Waals surface area contributed by atoms with Crippen LogP contribution in [0.1, 0.15) is 50.8 Å². The van der Waals surface area contributed by atoms with E-state index in [1.807, 2.05) is 4.90 Å². The van der Waals surface area contributed by atoms with E-state index in [9.17, 15) is 4.79 Å². The molecule has 0 saturated carbocycles. The molecule has 0 bridgehead atoms. The van der Waals surface area contributed by atoms with Gasteiger partial charge >= 0.3 is 0 Å². The highest BCUT2D eigenvalue weighted by molar-refractivity contribution is 5.78. The Morgan fingerprint density at radius 3 is 2.52 bits per heavy atom. The molecule has 2 rings (SSSR count). The first kappa shape index (κ1) is 18.0. The van der Waals surface area contributed by atoms with Gasteiger partial charge in [-0.25, -0.2) is 0 Å². The molecule has 1 N–H and O–H groups in total. The summed E-state index contributed by atoms with van der Waals surface area (Å²) < 4.78 is 0. The lowest BCUT2D eigenvalue weighted by molar-refractivity contribution is -0.135. The first-order valence-electron chi connectivity index (χ1n) is 8.88. The van der Waals surface area contributed by atoms with Gasteiger partial charge in [-0.2, -0.15) is 0 Å². The number of hydrogen-bond acceptors (Lipinski definition) is 2. The predicted molar refractivity (Wildman–Crippen MR) is 96.8 cm³/mol. The van der Waals surface area contributed by atoms with E-state index in [4.69, 9.17) is 0 Å². The van der Waals surface area contributed by atoms with Crippen LogP contribution in [-0.4, -0.2) is 37.0 Å². The van der Waals surface area contributed by atoms with E-state index in [-0.39, 0.29) is 11.3 Å². The summed E-state index contributed by atoms with van der Waals surface area (Å²) >= 11 is 0. The largest absolute Gasteiger partial charge is 0.340 e. The van der Waals surface area contributed by atoms with E-state index < -0.39 is 0 Å². The van der Waals surface area contributed by atoms with Crippen LogP contribution in [0, 0.1) is 12.8 Å².